The fourth-order valence-corrected chi connectivity index (χ4v) is 2.64. The number of hydrogen-bond acceptors (Lipinski definition) is 5. The number of rotatable bonds is 6. The zero-order valence-corrected chi connectivity index (χ0v) is 14.4. The van der Waals surface area contributed by atoms with E-state index in [1.807, 2.05) is 42.5 Å². The van der Waals surface area contributed by atoms with Gasteiger partial charge in [-0.3, -0.25) is 4.79 Å². The maximum absolute atomic E-state index is 12.4. The first kappa shape index (κ1) is 16.7. The summed E-state index contributed by atoms with van der Waals surface area (Å²) in [4.78, 5) is 16.6. The van der Waals surface area contributed by atoms with E-state index in [1.54, 1.807) is 24.4 Å². The molecule has 4 rings (SSSR count). The Morgan fingerprint density at radius 1 is 0.963 bits per heavy atom. The second kappa shape index (κ2) is 7.65. The van der Waals surface area contributed by atoms with Gasteiger partial charge in [-0.25, -0.2) is 4.98 Å². The van der Waals surface area contributed by atoms with Crippen LogP contribution in [0.15, 0.2) is 66.9 Å². The molecule has 7 heteroatoms. The van der Waals surface area contributed by atoms with Crippen LogP contribution in [-0.4, -0.2) is 26.3 Å². The third-order valence-corrected chi connectivity index (χ3v) is 4.06. The molecule has 0 atom stereocenters. The number of fused-ring (bicyclic) bond motifs is 1. The fraction of sp³-hybridized carbons (Fsp3) is 0.100. The van der Waals surface area contributed by atoms with Crippen molar-refractivity contribution in [2.75, 3.05) is 0 Å². The first-order valence-corrected chi connectivity index (χ1v) is 8.48. The van der Waals surface area contributed by atoms with E-state index < -0.39 is 0 Å². The topological polar surface area (TPSA) is 92.8 Å². The van der Waals surface area contributed by atoms with Crippen LogP contribution in [0.2, 0.25) is 0 Å². The molecule has 0 fully saturated rings. The number of nitrogens with one attached hydrogen (secondary N) is 2. The zero-order valence-electron chi connectivity index (χ0n) is 14.4. The van der Waals surface area contributed by atoms with Gasteiger partial charge in [0.2, 0.25) is 5.88 Å². The van der Waals surface area contributed by atoms with Crippen molar-refractivity contribution < 1.29 is 9.53 Å². The summed E-state index contributed by atoms with van der Waals surface area (Å²) in [6, 6.07) is 18.7. The molecule has 0 saturated carbocycles. The van der Waals surface area contributed by atoms with E-state index >= 15 is 0 Å². The number of amides is 1. The summed E-state index contributed by atoms with van der Waals surface area (Å²) in [7, 11) is 0. The van der Waals surface area contributed by atoms with Crippen LogP contribution in [-0.2, 0) is 13.2 Å². The minimum absolute atomic E-state index is 0.177. The third-order valence-electron chi connectivity index (χ3n) is 4.06. The number of aromatic amines is 1. The van der Waals surface area contributed by atoms with Crippen molar-refractivity contribution in [2.45, 2.75) is 13.2 Å². The van der Waals surface area contributed by atoms with Crippen molar-refractivity contribution >= 4 is 16.9 Å². The summed E-state index contributed by atoms with van der Waals surface area (Å²) in [5.41, 5.74) is 3.89. The molecular formula is C20H17N5O2. The quantitative estimate of drug-likeness (QED) is 0.552. The normalized spacial score (nSPS) is 10.7. The highest BCUT2D eigenvalue weighted by Crippen LogP contribution is 2.13. The number of ether oxygens (including phenoxy) is 1. The molecule has 1 amide bonds. The lowest BCUT2D eigenvalue weighted by atomic mass is 10.2. The van der Waals surface area contributed by atoms with E-state index in [1.165, 1.54) is 0 Å². The van der Waals surface area contributed by atoms with E-state index in [9.17, 15) is 4.79 Å². The highest BCUT2D eigenvalue weighted by molar-refractivity contribution is 5.97. The van der Waals surface area contributed by atoms with Crippen LogP contribution < -0.4 is 10.1 Å². The largest absolute Gasteiger partial charge is 0.473 e. The molecule has 0 unspecified atom stereocenters. The van der Waals surface area contributed by atoms with E-state index in [-0.39, 0.29) is 5.91 Å². The van der Waals surface area contributed by atoms with Crippen LogP contribution in [0, 0.1) is 0 Å². The molecule has 2 aromatic heterocycles. The van der Waals surface area contributed by atoms with E-state index in [0.717, 1.165) is 16.6 Å². The molecule has 0 aliphatic rings. The van der Waals surface area contributed by atoms with Gasteiger partial charge in [0.25, 0.3) is 5.91 Å². The highest BCUT2D eigenvalue weighted by Gasteiger charge is 2.08. The van der Waals surface area contributed by atoms with E-state index in [4.69, 9.17) is 4.74 Å². The summed E-state index contributed by atoms with van der Waals surface area (Å²) < 4.78 is 5.72. The molecular weight excluding hydrogens is 342 g/mol. The number of hydrogen-bond donors (Lipinski definition) is 2. The number of benzene rings is 2. The van der Waals surface area contributed by atoms with E-state index in [0.29, 0.717) is 30.1 Å². The summed E-state index contributed by atoms with van der Waals surface area (Å²) in [5.74, 6) is 0.345. The average molecular weight is 359 g/mol. The summed E-state index contributed by atoms with van der Waals surface area (Å²) in [6.45, 7) is 0.821. The van der Waals surface area contributed by atoms with Crippen molar-refractivity contribution in [3.05, 3.63) is 83.6 Å². The molecule has 4 aromatic rings. The minimum Gasteiger partial charge on any atom is -0.473 e. The number of pyridine rings is 1. The second-order valence-electron chi connectivity index (χ2n) is 5.99. The van der Waals surface area contributed by atoms with Crippen LogP contribution >= 0.6 is 0 Å². The van der Waals surface area contributed by atoms with Crippen molar-refractivity contribution in [1.29, 1.82) is 0 Å². The molecule has 27 heavy (non-hydrogen) atoms. The second-order valence-corrected chi connectivity index (χ2v) is 5.99. The lowest BCUT2D eigenvalue weighted by Crippen LogP contribution is -2.22. The Kier molecular flexibility index (Phi) is 4.74. The van der Waals surface area contributed by atoms with Crippen molar-refractivity contribution in [3.63, 3.8) is 0 Å². The predicted octanol–water partition coefficient (Wildman–Crippen LogP) is 2.86. The van der Waals surface area contributed by atoms with Gasteiger partial charge in [0, 0.05) is 24.4 Å². The van der Waals surface area contributed by atoms with Crippen molar-refractivity contribution in [2.24, 2.45) is 0 Å². The molecule has 0 spiro atoms. The molecule has 2 aromatic carbocycles. The fourth-order valence-electron chi connectivity index (χ4n) is 2.64. The van der Waals surface area contributed by atoms with Gasteiger partial charge in [-0.1, -0.05) is 30.3 Å². The van der Waals surface area contributed by atoms with Gasteiger partial charge in [-0.05, 0) is 35.4 Å². The Morgan fingerprint density at radius 2 is 1.81 bits per heavy atom. The summed E-state index contributed by atoms with van der Waals surface area (Å²) in [5, 5.41) is 13.4. The molecule has 2 N–H and O–H groups in total. The van der Waals surface area contributed by atoms with Crippen LogP contribution in [0.4, 0.5) is 0 Å². The van der Waals surface area contributed by atoms with Crippen LogP contribution in [0.1, 0.15) is 21.5 Å². The number of aromatic nitrogens is 4. The van der Waals surface area contributed by atoms with Gasteiger partial charge in [0.1, 0.15) is 17.6 Å². The van der Waals surface area contributed by atoms with Gasteiger partial charge in [-0.2, -0.15) is 15.4 Å². The van der Waals surface area contributed by atoms with Crippen LogP contribution in [0.25, 0.3) is 11.0 Å². The average Bonchev–Trinajstić information content (AvgIpc) is 3.19. The highest BCUT2D eigenvalue weighted by atomic mass is 16.5. The van der Waals surface area contributed by atoms with Gasteiger partial charge in [0.05, 0.1) is 0 Å². The monoisotopic (exact) mass is 359 g/mol. The third kappa shape index (κ3) is 4.09. The smallest absolute Gasteiger partial charge is 0.251 e. The number of H-pyrrole nitrogens is 1. The molecule has 134 valence electrons. The summed E-state index contributed by atoms with van der Waals surface area (Å²) in [6.07, 6.45) is 1.67. The van der Waals surface area contributed by atoms with E-state index in [2.05, 4.69) is 25.7 Å². The van der Waals surface area contributed by atoms with Gasteiger partial charge >= 0.3 is 0 Å². The first-order chi connectivity index (χ1) is 13.3. The molecule has 0 aliphatic carbocycles. The van der Waals surface area contributed by atoms with Gasteiger partial charge < -0.3 is 10.1 Å². The Balaban J connectivity index is 1.37. The zero-order chi connectivity index (χ0) is 18.5. The SMILES string of the molecule is O=C(NCc1ccnc(OCc2ccccc2)c1)c1ccc2n[nH]nc2c1. The lowest BCUT2D eigenvalue weighted by molar-refractivity contribution is 0.0951. The molecule has 0 aliphatic heterocycles. The van der Waals surface area contributed by atoms with Crippen molar-refractivity contribution in [1.82, 2.24) is 25.7 Å². The van der Waals surface area contributed by atoms with Crippen LogP contribution in [0.3, 0.4) is 0 Å². The molecule has 7 nitrogen and oxygen atoms in total. The molecule has 0 saturated heterocycles. The maximum Gasteiger partial charge on any atom is 0.251 e. The molecule has 2 heterocycles. The number of carbonyl (C=O) groups excluding carboxylic acids is 1. The van der Waals surface area contributed by atoms with Crippen LogP contribution in [0.5, 0.6) is 5.88 Å². The Morgan fingerprint density at radius 3 is 2.70 bits per heavy atom. The molecule has 0 bridgehead atoms. The predicted molar refractivity (Wildman–Crippen MR) is 100 cm³/mol. The summed E-state index contributed by atoms with van der Waals surface area (Å²) >= 11 is 0. The molecule has 0 radical (unpaired) electrons. The Hall–Kier alpha value is -3.74. The Labute approximate surface area is 155 Å². The Bertz CT molecular complexity index is 1060. The number of carbonyl (C=O) groups is 1. The van der Waals surface area contributed by atoms with Gasteiger partial charge in [-0.15, -0.1) is 0 Å². The standard InChI is InChI=1S/C20H17N5O2/c26-20(16-6-7-17-18(11-16)24-25-23-17)22-12-15-8-9-21-19(10-15)27-13-14-4-2-1-3-5-14/h1-11H,12-13H2,(H,22,26)(H,23,24,25). The van der Waals surface area contributed by atoms with Crippen molar-refractivity contribution in [3.8, 4) is 5.88 Å². The lowest BCUT2D eigenvalue weighted by Gasteiger charge is -2.08. The number of nitrogens with zero attached hydrogens (tertiary/aromatic N) is 3. The minimum atomic E-state index is -0.177. The first-order valence-electron chi connectivity index (χ1n) is 8.48. The van der Waals surface area contributed by atoms with Gasteiger partial charge in [0.15, 0.2) is 0 Å². The maximum atomic E-state index is 12.4.